The lowest BCUT2D eigenvalue weighted by atomic mass is 10.1. The quantitative estimate of drug-likeness (QED) is 0.563. The van der Waals surface area contributed by atoms with Crippen molar-refractivity contribution in [1.82, 2.24) is 13.8 Å². The lowest BCUT2D eigenvalue weighted by molar-refractivity contribution is -0.133. The van der Waals surface area contributed by atoms with Crippen LogP contribution in [0.15, 0.2) is 75.0 Å². The van der Waals surface area contributed by atoms with Gasteiger partial charge in [0.1, 0.15) is 6.54 Å². The van der Waals surface area contributed by atoms with Gasteiger partial charge in [-0.1, -0.05) is 30.3 Å². The molecule has 4 rings (SSSR count). The van der Waals surface area contributed by atoms with Gasteiger partial charge in [0.15, 0.2) is 0 Å². The van der Waals surface area contributed by atoms with Gasteiger partial charge in [-0.25, -0.2) is 8.42 Å². The molecule has 1 fully saturated rings. The number of amides is 1. The van der Waals surface area contributed by atoms with Crippen LogP contribution < -0.4 is 5.56 Å². The molecule has 0 N–H and O–H groups in total. The smallest absolute Gasteiger partial charge is 0.251 e. The summed E-state index contributed by atoms with van der Waals surface area (Å²) in [5.74, 6) is -0.210. The Morgan fingerprint density at radius 1 is 0.933 bits per heavy atom. The van der Waals surface area contributed by atoms with Gasteiger partial charge in [0.05, 0.1) is 4.90 Å². The van der Waals surface area contributed by atoms with Crippen molar-refractivity contribution in [2.24, 2.45) is 0 Å². The Morgan fingerprint density at radius 2 is 1.63 bits per heavy atom. The van der Waals surface area contributed by atoms with E-state index in [2.05, 4.69) is 15.9 Å². The van der Waals surface area contributed by atoms with Crippen LogP contribution in [-0.4, -0.2) is 54.3 Å². The van der Waals surface area contributed by atoms with Crippen molar-refractivity contribution < 1.29 is 13.2 Å². The van der Waals surface area contributed by atoms with E-state index in [0.717, 1.165) is 10.8 Å². The Morgan fingerprint density at radius 3 is 2.37 bits per heavy atom. The summed E-state index contributed by atoms with van der Waals surface area (Å²) in [5, 5.41) is 1.85. The molecule has 2 heterocycles. The monoisotopic (exact) mass is 489 g/mol. The van der Waals surface area contributed by atoms with Crippen molar-refractivity contribution in [2.75, 3.05) is 26.2 Å². The number of carbonyl (C=O) groups is 1. The second-order valence-electron chi connectivity index (χ2n) is 7.11. The van der Waals surface area contributed by atoms with Crippen LogP contribution in [0.1, 0.15) is 0 Å². The van der Waals surface area contributed by atoms with Gasteiger partial charge < -0.3 is 9.47 Å². The maximum Gasteiger partial charge on any atom is 0.251 e. The normalized spacial score (nSPS) is 15.4. The molecule has 1 aliphatic heterocycles. The molecule has 0 atom stereocenters. The van der Waals surface area contributed by atoms with E-state index in [1.54, 1.807) is 35.4 Å². The van der Waals surface area contributed by atoms with Gasteiger partial charge in [-0.15, -0.1) is 0 Å². The number of pyridine rings is 1. The van der Waals surface area contributed by atoms with Crippen molar-refractivity contribution in [3.05, 3.63) is 75.6 Å². The van der Waals surface area contributed by atoms with E-state index in [0.29, 0.717) is 4.47 Å². The summed E-state index contributed by atoms with van der Waals surface area (Å²) >= 11 is 3.29. The number of fused-ring (bicyclic) bond motifs is 1. The number of benzene rings is 2. The number of piperazine rings is 1. The molecule has 0 bridgehead atoms. The van der Waals surface area contributed by atoms with Crippen LogP contribution in [0, 0.1) is 0 Å². The van der Waals surface area contributed by atoms with E-state index in [1.807, 2.05) is 24.3 Å². The maximum atomic E-state index is 13.1. The maximum absolute atomic E-state index is 13.1. The summed E-state index contributed by atoms with van der Waals surface area (Å²) in [4.78, 5) is 26.3. The molecule has 3 aromatic rings. The molecule has 7 nitrogen and oxygen atoms in total. The standard InChI is InChI=1S/C21H20BrN3O4S/c22-18-6-8-20(26)24(14-18)15-21(27)23-9-11-25(12-10-23)30(28,29)19-7-5-16-3-1-2-4-17(16)13-19/h1-8,13-14H,9-12,15H2. The number of aromatic nitrogens is 1. The average Bonchev–Trinajstić information content (AvgIpc) is 2.76. The number of sulfonamides is 1. The fourth-order valence-electron chi connectivity index (χ4n) is 3.53. The molecular formula is C21H20BrN3O4S. The molecule has 2 aromatic carbocycles. The SMILES string of the molecule is O=C(Cn1cc(Br)ccc1=O)N1CCN(S(=O)(=O)c2ccc3ccccc3c2)CC1. The van der Waals surface area contributed by atoms with Crippen molar-refractivity contribution >= 4 is 42.6 Å². The largest absolute Gasteiger partial charge is 0.339 e. The van der Waals surface area contributed by atoms with Crippen LogP contribution in [0.25, 0.3) is 10.8 Å². The molecule has 9 heteroatoms. The molecule has 1 amide bonds. The highest BCUT2D eigenvalue weighted by Gasteiger charge is 2.30. The topological polar surface area (TPSA) is 79.7 Å². The van der Waals surface area contributed by atoms with Crippen molar-refractivity contribution in [2.45, 2.75) is 11.4 Å². The van der Waals surface area contributed by atoms with E-state index in [1.165, 1.54) is 14.9 Å². The van der Waals surface area contributed by atoms with Gasteiger partial charge in [-0.2, -0.15) is 4.31 Å². The third-order valence-corrected chi connectivity index (χ3v) is 7.57. The first-order valence-electron chi connectivity index (χ1n) is 9.47. The van der Waals surface area contributed by atoms with Gasteiger partial charge in [0.2, 0.25) is 15.9 Å². The number of halogens is 1. The summed E-state index contributed by atoms with van der Waals surface area (Å²) in [6, 6.07) is 15.7. The summed E-state index contributed by atoms with van der Waals surface area (Å²) in [5.41, 5.74) is -0.260. The summed E-state index contributed by atoms with van der Waals surface area (Å²) in [7, 11) is -3.64. The van der Waals surface area contributed by atoms with Crippen molar-refractivity contribution in [3.63, 3.8) is 0 Å². The van der Waals surface area contributed by atoms with Crippen LogP contribution in [-0.2, 0) is 21.4 Å². The molecule has 0 radical (unpaired) electrons. The van der Waals surface area contributed by atoms with Gasteiger partial charge in [0, 0.05) is 42.9 Å². The highest BCUT2D eigenvalue weighted by Crippen LogP contribution is 2.23. The molecule has 156 valence electrons. The minimum atomic E-state index is -3.64. The van der Waals surface area contributed by atoms with Crippen molar-refractivity contribution in [3.8, 4) is 0 Å². The Hall–Kier alpha value is -2.49. The Kier molecular flexibility index (Phi) is 5.77. The zero-order valence-electron chi connectivity index (χ0n) is 16.1. The van der Waals surface area contributed by atoms with Crippen LogP contribution in [0.2, 0.25) is 0 Å². The van der Waals surface area contributed by atoms with Gasteiger partial charge >= 0.3 is 0 Å². The average molecular weight is 490 g/mol. The van der Waals surface area contributed by atoms with Crippen LogP contribution >= 0.6 is 15.9 Å². The zero-order valence-corrected chi connectivity index (χ0v) is 18.5. The highest BCUT2D eigenvalue weighted by molar-refractivity contribution is 9.10. The second-order valence-corrected chi connectivity index (χ2v) is 9.96. The number of hydrogen-bond acceptors (Lipinski definition) is 4. The predicted molar refractivity (Wildman–Crippen MR) is 118 cm³/mol. The zero-order chi connectivity index (χ0) is 21.3. The fraction of sp³-hybridized carbons (Fsp3) is 0.238. The van der Waals surface area contributed by atoms with E-state index in [-0.39, 0.29) is 49.1 Å². The molecule has 1 saturated heterocycles. The van der Waals surface area contributed by atoms with E-state index < -0.39 is 10.0 Å². The van der Waals surface area contributed by atoms with E-state index in [9.17, 15) is 18.0 Å². The highest BCUT2D eigenvalue weighted by atomic mass is 79.9. The molecule has 0 saturated carbocycles. The van der Waals surface area contributed by atoms with Crippen LogP contribution in [0.5, 0.6) is 0 Å². The Labute approximate surface area is 182 Å². The van der Waals surface area contributed by atoms with E-state index in [4.69, 9.17) is 0 Å². The summed E-state index contributed by atoms with van der Waals surface area (Å²) < 4.78 is 29.6. The third kappa shape index (κ3) is 4.19. The van der Waals surface area contributed by atoms with Crippen LogP contribution in [0.4, 0.5) is 0 Å². The Bertz CT molecular complexity index is 1260. The third-order valence-electron chi connectivity index (χ3n) is 5.20. The number of rotatable bonds is 4. The minimum absolute atomic E-state index is 0.0737. The fourth-order valence-corrected chi connectivity index (χ4v) is 5.36. The van der Waals surface area contributed by atoms with Gasteiger partial charge in [-0.3, -0.25) is 9.59 Å². The first kappa shape index (κ1) is 20.8. The molecule has 0 aliphatic carbocycles. The predicted octanol–water partition coefficient (Wildman–Crippen LogP) is 2.30. The second kappa shape index (κ2) is 8.33. The number of hydrogen-bond donors (Lipinski definition) is 0. The first-order valence-corrected chi connectivity index (χ1v) is 11.7. The molecule has 0 spiro atoms. The molecule has 1 aliphatic rings. The van der Waals surface area contributed by atoms with E-state index >= 15 is 0 Å². The number of nitrogens with zero attached hydrogens (tertiary/aromatic N) is 3. The molecular weight excluding hydrogens is 470 g/mol. The molecule has 0 unspecified atom stereocenters. The van der Waals surface area contributed by atoms with Gasteiger partial charge in [-0.05, 0) is 44.9 Å². The minimum Gasteiger partial charge on any atom is -0.339 e. The lowest BCUT2D eigenvalue weighted by Crippen LogP contribution is -2.51. The summed E-state index contributed by atoms with van der Waals surface area (Å²) in [6.45, 7) is 0.932. The van der Waals surface area contributed by atoms with Crippen molar-refractivity contribution in [1.29, 1.82) is 0 Å². The molecule has 1 aromatic heterocycles. The molecule has 30 heavy (non-hydrogen) atoms. The Balaban J connectivity index is 1.44. The van der Waals surface area contributed by atoms with Crippen LogP contribution in [0.3, 0.4) is 0 Å². The van der Waals surface area contributed by atoms with Gasteiger partial charge in [0.25, 0.3) is 5.56 Å². The first-order chi connectivity index (χ1) is 14.3. The number of carbonyl (C=O) groups excluding carboxylic acids is 1. The lowest BCUT2D eigenvalue weighted by Gasteiger charge is -2.34. The summed E-state index contributed by atoms with van der Waals surface area (Å²) in [6.07, 6.45) is 1.57.